The van der Waals surface area contributed by atoms with Crippen LogP contribution < -0.4 is 0 Å². The molecule has 0 atom stereocenters. The van der Waals surface area contributed by atoms with E-state index in [1.54, 1.807) is 0 Å². The van der Waals surface area contributed by atoms with E-state index in [9.17, 15) is 0 Å². The average Bonchev–Trinajstić information content (AvgIpc) is 2.41. The molecule has 0 fully saturated rings. The molecule has 0 aliphatic heterocycles. The molecule has 3 heteroatoms. The van der Waals surface area contributed by atoms with Gasteiger partial charge in [-0.25, -0.2) is 9.97 Å². The third-order valence-electron chi connectivity index (χ3n) is 3.50. The first-order valence-electron chi connectivity index (χ1n) is 7.47. The zero-order valence-corrected chi connectivity index (χ0v) is 14.3. The van der Waals surface area contributed by atoms with Gasteiger partial charge in [0.1, 0.15) is 11.0 Å². The van der Waals surface area contributed by atoms with Crippen LogP contribution in [-0.2, 0) is 11.8 Å². The molecule has 21 heavy (non-hydrogen) atoms. The zero-order valence-electron chi connectivity index (χ0n) is 13.5. The van der Waals surface area contributed by atoms with E-state index in [1.165, 1.54) is 5.56 Å². The standard InChI is InChI=1S/C18H23ClN2/c1-6-8-13-9-7-10-14(11-13)15-12(2)16(19)21-17(20-15)18(3,4)5/h7,9-11H,6,8H2,1-5H3. The zero-order chi connectivity index (χ0) is 15.6. The van der Waals surface area contributed by atoms with Crippen molar-refractivity contribution >= 4 is 11.6 Å². The fourth-order valence-corrected chi connectivity index (χ4v) is 2.44. The second-order valence-corrected chi connectivity index (χ2v) is 6.87. The van der Waals surface area contributed by atoms with Crippen LogP contribution in [0.3, 0.4) is 0 Å². The number of aromatic nitrogens is 2. The molecular weight excluding hydrogens is 280 g/mol. The highest BCUT2D eigenvalue weighted by Gasteiger charge is 2.21. The van der Waals surface area contributed by atoms with E-state index in [1.807, 2.05) is 6.92 Å². The topological polar surface area (TPSA) is 25.8 Å². The molecule has 0 aliphatic rings. The van der Waals surface area contributed by atoms with E-state index in [-0.39, 0.29) is 5.41 Å². The summed E-state index contributed by atoms with van der Waals surface area (Å²) in [6.45, 7) is 10.5. The molecule has 0 aliphatic carbocycles. The fraction of sp³-hybridized carbons (Fsp3) is 0.444. The van der Waals surface area contributed by atoms with E-state index >= 15 is 0 Å². The number of rotatable bonds is 3. The minimum atomic E-state index is -0.118. The summed E-state index contributed by atoms with van der Waals surface area (Å²) in [5.41, 5.74) is 4.22. The van der Waals surface area contributed by atoms with Gasteiger partial charge in [0.05, 0.1) is 5.69 Å². The predicted octanol–water partition coefficient (Wildman–Crippen LogP) is 5.36. The third kappa shape index (κ3) is 3.62. The monoisotopic (exact) mass is 302 g/mol. The Hall–Kier alpha value is -1.41. The third-order valence-corrected chi connectivity index (χ3v) is 3.86. The number of nitrogens with zero attached hydrogens (tertiary/aromatic N) is 2. The summed E-state index contributed by atoms with van der Waals surface area (Å²) >= 11 is 6.32. The Bertz CT molecular complexity index is 642. The van der Waals surface area contributed by atoms with E-state index in [0.717, 1.165) is 35.5 Å². The molecule has 1 aromatic carbocycles. The van der Waals surface area contributed by atoms with Crippen molar-refractivity contribution in [2.75, 3.05) is 0 Å². The lowest BCUT2D eigenvalue weighted by molar-refractivity contribution is 0.545. The highest BCUT2D eigenvalue weighted by atomic mass is 35.5. The van der Waals surface area contributed by atoms with Crippen molar-refractivity contribution in [1.29, 1.82) is 0 Å². The molecule has 0 saturated carbocycles. The second kappa shape index (κ2) is 6.15. The Labute approximate surface area is 132 Å². The molecule has 2 nitrogen and oxygen atoms in total. The van der Waals surface area contributed by atoms with Crippen molar-refractivity contribution < 1.29 is 0 Å². The van der Waals surface area contributed by atoms with Crippen molar-refractivity contribution in [1.82, 2.24) is 9.97 Å². The lowest BCUT2D eigenvalue weighted by Crippen LogP contribution is -2.17. The molecule has 2 rings (SSSR count). The number of benzene rings is 1. The van der Waals surface area contributed by atoms with E-state index < -0.39 is 0 Å². The lowest BCUT2D eigenvalue weighted by Gasteiger charge is -2.19. The van der Waals surface area contributed by atoms with Gasteiger partial charge in [-0.1, -0.05) is 63.9 Å². The lowest BCUT2D eigenvalue weighted by atomic mass is 9.95. The summed E-state index contributed by atoms with van der Waals surface area (Å²) in [4.78, 5) is 9.22. The van der Waals surface area contributed by atoms with Crippen LogP contribution in [0.15, 0.2) is 24.3 Å². The summed E-state index contributed by atoms with van der Waals surface area (Å²) in [6, 6.07) is 8.56. The number of hydrogen-bond acceptors (Lipinski definition) is 2. The Kier molecular flexibility index (Phi) is 4.67. The molecule has 1 heterocycles. The maximum Gasteiger partial charge on any atom is 0.136 e. The molecular formula is C18H23ClN2. The van der Waals surface area contributed by atoms with Crippen LogP contribution in [0.25, 0.3) is 11.3 Å². The van der Waals surface area contributed by atoms with Gasteiger partial charge >= 0.3 is 0 Å². The van der Waals surface area contributed by atoms with Crippen LogP contribution in [0.4, 0.5) is 0 Å². The largest absolute Gasteiger partial charge is 0.232 e. The van der Waals surface area contributed by atoms with E-state index in [2.05, 4.69) is 56.9 Å². The Balaban J connectivity index is 2.57. The van der Waals surface area contributed by atoms with Gasteiger partial charge in [0, 0.05) is 16.5 Å². The molecule has 112 valence electrons. The van der Waals surface area contributed by atoms with E-state index in [0.29, 0.717) is 5.15 Å². The molecule has 0 saturated heterocycles. The quantitative estimate of drug-likeness (QED) is 0.714. The first-order valence-corrected chi connectivity index (χ1v) is 7.84. The molecule has 0 radical (unpaired) electrons. The molecule has 1 aromatic heterocycles. The summed E-state index contributed by atoms with van der Waals surface area (Å²) in [5, 5.41) is 0.547. The molecule has 0 bridgehead atoms. The highest BCUT2D eigenvalue weighted by molar-refractivity contribution is 6.30. The summed E-state index contributed by atoms with van der Waals surface area (Å²) in [7, 11) is 0. The SMILES string of the molecule is CCCc1cccc(-c2nc(C(C)(C)C)nc(Cl)c2C)c1. The maximum atomic E-state index is 6.32. The van der Waals surface area contributed by atoms with Crippen LogP contribution in [0.1, 0.15) is 51.1 Å². The number of halogens is 1. The van der Waals surface area contributed by atoms with E-state index in [4.69, 9.17) is 16.6 Å². The van der Waals surface area contributed by atoms with Crippen molar-refractivity contribution in [3.05, 3.63) is 46.4 Å². The van der Waals surface area contributed by atoms with Crippen molar-refractivity contribution in [2.24, 2.45) is 0 Å². The van der Waals surface area contributed by atoms with Crippen molar-refractivity contribution in [3.8, 4) is 11.3 Å². The van der Waals surface area contributed by atoms with Crippen LogP contribution in [0.5, 0.6) is 0 Å². The minimum Gasteiger partial charge on any atom is -0.232 e. The molecule has 0 unspecified atom stereocenters. The minimum absolute atomic E-state index is 0.118. The van der Waals surface area contributed by atoms with Crippen LogP contribution in [0, 0.1) is 6.92 Å². The first-order chi connectivity index (χ1) is 9.82. The molecule has 2 aromatic rings. The second-order valence-electron chi connectivity index (χ2n) is 6.51. The Morgan fingerprint density at radius 1 is 1.14 bits per heavy atom. The molecule has 0 N–H and O–H groups in total. The average molecular weight is 303 g/mol. The Morgan fingerprint density at radius 2 is 1.86 bits per heavy atom. The van der Waals surface area contributed by atoms with Gasteiger partial charge in [-0.2, -0.15) is 0 Å². The first kappa shape index (κ1) is 16.0. The predicted molar refractivity (Wildman–Crippen MR) is 89.9 cm³/mol. The van der Waals surface area contributed by atoms with Crippen molar-refractivity contribution in [3.63, 3.8) is 0 Å². The van der Waals surface area contributed by atoms with Gasteiger partial charge in [0.25, 0.3) is 0 Å². The Morgan fingerprint density at radius 3 is 2.48 bits per heavy atom. The van der Waals surface area contributed by atoms with Crippen LogP contribution >= 0.6 is 11.6 Å². The van der Waals surface area contributed by atoms with Crippen LogP contribution in [0.2, 0.25) is 5.15 Å². The van der Waals surface area contributed by atoms with Gasteiger partial charge in [-0.3, -0.25) is 0 Å². The van der Waals surface area contributed by atoms with Gasteiger partial charge in [-0.05, 0) is 25.0 Å². The number of aryl methyl sites for hydroxylation is 1. The summed E-state index contributed by atoms with van der Waals surface area (Å²) < 4.78 is 0. The van der Waals surface area contributed by atoms with Crippen LogP contribution in [-0.4, -0.2) is 9.97 Å². The van der Waals surface area contributed by atoms with Crippen molar-refractivity contribution in [2.45, 2.75) is 52.9 Å². The summed E-state index contributed by atoms with van der Waals surface area (Å²) in [6.07, 6.45) is 2.22. The van der Waals surface area contributed by atoms with Gasteiger partial charge < -0.3 is 0 Å². The molecule has 0 amide bonds. The normalized spacial score (nSPS) is 11.7. The highest BCUT2D eigenvalue weighted by Crippen LogP contribution is 2.30. The number of hydrogen-bond donors (Lipinski definition) is 0. The van der Waals surface area contributed by atoms with Gasteiger partial charge in [-0.15, -0.1) is 0 Å². The summed E-state index contributed by atoms with van der Waals surface area (Å²) in [5.74, 6) is 0.786. The molecule has 0 spiro atoms. The maximum absolute atomic E-state index is 6.32. The smallest absolute Gasteiger partial charge is 0.136 e. The fourth-order valence-electron chi connectivity index (χ4n) is 2.27. The van der Waals surface area contributed by atoms with Gasteiger partial charge in [0.15, 0.2) is 0 Å². The van der Waals surface area contributed by atoms with Gasteiger partial charge in [0.2, 0.25) is 0 Å².